The minimum absolute atomic E-state index is 0.0371. The summed E-state index contributed by atoms with van der Waals surface area (Å²) in [4.78, 5) is 14.4. The summed E-state index contributed by atoms with van der Waals surface area (Å²) >= 11 is 0. The van der Waals surface area contributed by atoms with Crippen LogP contribution in [-0.4, -0.2) is 49.1 Å². The van der Waals surface area contributed by atoms with Gasteiger partial charge in [0.1, 0.15) is 0 Å². The van der Waals surface area contributed by atoms with Crippen LogP contribution < -0.4 is 10.6 Å². The van der Waals surface area contributed by atoms with Crippen LogP contribution in [0.4, 0.5) is 0 Å². The van der Waals surface area contributed by atoms with Crippen molar-refractivity contribution in [2.24, 2.45) is 5.92 Å². The quantitative estimate of drug-likeness (QED) is 0.741. The fourth-order valence-electron chi connectivity index (χ4n) is 2.68. The summed E-state index contributed by atoms with van der Waals surface area (Å²) in [7, 11) is 0. The third kappa shape index (κ3) is 3.95. The first-order chi connectivity index (χ1) is 8.70. The second-order valence-corrected chi connectivity index (χ2v) is 5.77. The molecule has 2 N–H and O–H groups in total. The van der Waals surface area contributed by atoms with Crippen molar-refractivity contribution < 1.29 is 4.79 Å². The second kappa shape index (κ2) is 6.53. The van der Waals surface area contributed by atoms with Gasteiger partial charge in [0.25, 0.3) is 0 Å². The number of nitrogens with zero attached hydrogens (tertiary/aromatic N) is 1. The lowest BCUT2D eigenvalue weighted by molar-refractivity contribution is -0.126. The summed E-state index contributed by atoms with van der Waals surface area (Å²) in [6.07, 6.45) is 4.85. The van der Waals surface area contributed by atoms with Crippen LogP contribution in [0.2, 0.25) is 0 Å². The molecular weight excluding hydrogens is 226 g/mol. The van der Waals surface area contributed by atoms with Gasteiger partial charge in [0.15, 0.2) is 0 Å². The van der Waals surface area contributed by atoms with Gasteiger partial charge in [-0.15, -0.1) is 0 Å². The zero-order valence-corrected chi connectivity index (χ0v) is 11.7. The van der Waals surface area contributed by atoms with Gasteiger partial charge in [-0.1, -0.05) is 6.92 Å². The van der Waals surface area contributed by atoms with E-state index in [0.29, 0.717) is 12.0 Å². The van der Waals surface area contributed by atoms with Gasteiger partial charge in [-0.25, -0.2) is 0 Å². The van der Waals surface area contributed by atoms with Crippen LogP contribution in [0.3, 0.4) is 0 Å². The average Bonchev–Trinajstić information content (AvgIpc) is 3.19. The summed E-state index contributed by atoms with van der Waals surface area (Å²) in [6, 6.07) is 0.511. The van der Waals surface area contributed by atoms with E-state index in [1.165, 1.54) is 25.7 Å². The van der Waals surface area contributed by atoms with Crippen molar-refractivity contribution in [3.05, 3.63) is 0 Å². The summed E-state index contributed by atoms with van der Waals surface area (Å²) in [5, 5.41) is 6.53. The topological polar surface area (TPSA) is 44.4 Å². The van der Waals surface area contributed by atoms with Gasteiger partial charge in [0.2, 0.25) is 5.91 Å². The first kappa shape index (κ1) is 13.8. The number of nitrogens with one attached hydrogen (secondary N) is 2. The van der Waals surface area contributed by atoms with E-state index in [0.717, 1.165) is 26.2 Å². The van der Waals surface area contributed by atoms with Gasteiger partial charge in [-0.3, -0.25) is 9.69 Å². The summed E-state index contributed by atoms with van der Waals surface area (Å²) in [5.74, 6) is 0.927. The molecule has 0 radical (unpaired) electrons. The predicted molar refractivity (Wildman–Crippen MR) is 73.5 cm³/mol. The maximum Gasteiger partial charge on any atom is 0.237 e. The number of hydrogen-bond donors (Lipinski definition) is 2. The smallest absolute Gasteiger partial charge is 0.237 e. The van der Waals surface area contributed by atoms with E-state index in [-0.39, 0.29) is 11.9 Å². The van der Waals surface area contributed by atoms with Crippen molar-refractivity contribution in [3.8, 4) is 0 Å². The van der Waals surface area contributed by atoms with Gasteiger partial charge < -0.3 is 10.6 Å². The SMILES string of the molecule is CCNCC1CCCN(C(C)C(=O)NC2CC2)C1. The molecule has 4 nitrogen and oxygen atoms in total. The van der Waals surface area contributed by atoms with Crippen molar-refractivity contribution in [2.45, 2.75) is 51.6 Å². The molecular formula is C14H27N3O. The Bertz CT molecular complexity index is 278. The third-order valence-corrected chi connectivity index (χ3v) is 4.08. The Balaban J connectivity index is 1.77. The normalized spacial score (nSPS) is 26.9. The Labute approximate surface area is 110 Å². The van der Waals surface area contributed by atoms with Gasteiger partial charge >= 0.3 is 0 Å². The van der Waals surface area contributed by atoms with E-state index in [1.54, 1.807) is 0 Å². The molecule has 0 bridgehead atoms. The lowest BCUT2D eigenvalue weighted by Gasteiger charge is -2.36. The predicted octanol–water partition coefficient (Wildman–Crippen LogP) is 0.975. The van der Waals surface area contributed by atoms with Crippen molar-refractivity contribution in [1.82, 2.24) is 15.5 Å². The molecule has 1 aliphatic heterocycles. The van der Waals surface area contributed by atoms with Gasteiger partial charge in [0.05, 0.1) is 6.04 Å². The molecule has 4 heteroatoms. The number of amides is 1. The Morgan fingerprint density at radius 3 is 2.83 bits per heavy atom. The molecule has 2 unspecified atom stereocenters. The highest BCUT2D eigenvalue weighted by atomic mass is 16.2. The lowest BCUT2D eigenvalue weighted by atomic mass is 9.96. The molecule has 1 heterocycles. The summed E-state index contributed by atoms with van der Waals surface area (Å²) < 4.78 is 0. The second-order valence-electron chi connectivity index (χ2n) is 5.77. The van der Waals surface area contributed by atoms with Crippen molar-refractivity contribution in [1.29, 1.82) is 0 Å². The molecule has 1 saturated carbocycles. The van der Waals surface area contributed by atoms with Crippen LogP contribution >= 0.6 is 0 Å². The molecule has 1 aliphatic carbocycles. The maximum atomic E-state index is 12.0. The Hall–Kier alpha value is -0.610. The molecule has 0 aromatic carbocycles. The number of carbonyl (C=O) groups is 1. The van der Waals surface area contributed by atoms with E-state index in [4.69, 9.17) is 0 Å². The highest BCUT2D eigenvalue weighted by Crippen LogP contribution is 2.21. The Morgan fingerprint density at radius 1 is 1.39 bits per heavy atom. The number of likely N-dealkylation sites (tertiary alicyclic amines) is 1. The molecule has 18 heavy (non-hydrogen) atoms. The highest BCUT2D eigenvalue weighted by molar-refractivity contribution is 5.81. The zero-order chi connectivity index (χ0) is 13.0. The largest absolute Gasteiger partial charge is 0.352 e. The van der Waals surface area contributed by atoms with Crippen LogP contribution in [-0.2, 0) is 4.79 Å². The minimum Gasteiger partial charge on any atom is -0.352 e. The van der Waals surface area contributed by atoms with Crippen LogP contribution in [0.15, 0.2) is 0 Å². The summed E-state index contributed by atoms with van der Waals surface area (Å²) in [5.41, 5.74) is 0. The van der Waals surface area contributed by atoms with Crippen LogP contribution in [0.5, 0.6) is 0 Å². The fourth-order valence-corrected chi connectivity index (χ4v) is 2.68. The molecule has 0 aromatic heterocycles. The van der Waals surface area contributed by atoms with E-state index in [1.807, 2.05) is 6.92 Å². The first-order valence-electron chi connectivity index (χ1n) is 7.45. The third-order valence-electron chi connectivity index (χ3n) is 4.08. The number of rotatable bonds is 6. The molecule has 104 valence electrons. The van der Waals surface area contributed by atoms with Crippen LogP contribution in [0.1, 0.15) is 39.5 Å². The standard InChI is InChI=1S/C14H27N3O/c1-3-15-9-12-5-4-8-17(10-12)11(2)14(18)16-13-6-7-13/h11-13,15H,3-10H2,1-2H3,(H,16,18). The van der Waals surface area contributed by atoms with E-state index < -0.39 is 0 Å². The van der Waals surface area contributed by atoms with E-state index in [2.05, 4.69) is 22.5 Å². The van der Waals surface area contributed by atoms with Crippen molar-refractivity contribution >= 4 is 5.91 Å². The van der Waals surface area contributed by atoms with Crippen molar-refractivity contribution in [3.63, 3.8) is 0 Å². The van der Waals surface area contributed by atoms with E-state index >= 15 is 0 Å². The minimum atomic E-state index is 0.0371. The average molecular weight is 253 g/mol. The van der Waals surface area contributed by atoms with Gasteiger partial charge in [0, 0.05) is 12.6 Å². The molecule has 1 amide bonds. The molecule has 1 saturated heterocycles. The maximum absolute atomic E-state index is 12.0. The molecule has 0 spiro atoms. The Morgan fingerprint density at radius 2 is 2.17 bits per heavy atom. The monoisotopic (exact) mass is 253 g/mol. The Kier molecular flexibility index (Phi) is 5.01. The van der Waals surface area contributed by atoms with Crippen LogP contribution in [0, 0.1) is 5.92 Å². The van der Waals surface area contributed by atoms with Crippen molar-refractivity contribution in [2.75, 3.05) is 26.2 Å². The first-order valence-corrected chi connectivity index (χ1v) is 7.45. The molecule has 2 fully saturated rings. The molecule has 2 rings (SSSR count). The van der Waals surface area contributed by atoms with Gasteiger partial charge in [-0.05, 0) is 58.2 Å². The number of carbonyl (C=O) groups excluding carboxylic acids is 1. The molecule has 2 aliphatic rings. The zero-order valence-electron chi connectivity index (χ0n) is 11.7. The fraction of sp³-hybridized carbons (Fsp3) is 0.929. The van der Waals surface area contributed by atoms with Crippen LogP contribution in [0.25, 0.3) is 0 Å². The molecule has 2 atom stereocenters. The lowest BCUT2D eigenvalue weighted by Crippen LogP contribution is -2.50. The highest BCUT2D eigenvalue weighted by Gasteiger charge is 2.30. The molecule has 0 aromatic rings. The van der Waals surface area contributed by atoms with Gasteiger partial charge in [-0.2, -0.15) is 0 Å². The number of piperidine rings is 1. The number of hydrogen-bond acceptors (Lipinski definition) is 3. The summed E-state index contributed by atoms with van der Waals surface area (Å²) in [6.45, 7) is 8.45. The van der Waals surface area contributed by atoms with E-state index in [9.17, 15) is 4.79 Å².